The summed E-state index contributed by atoms with van der Waals surface area (Å²) in [7, 11) is 0. The maximum atomic E-state index is 12.7. The molecule has 0 spiro atoms. The number of fused-ring (bicyclic) bond motifs is 2. The first-order valence-corrected chi connectivity index (χ1v) is 10.4. The van der Waals surface area contributed by atoms with Crippen LogP contribution in [0.4, 0.5) is 0 Å². The fourth-order valence-corrected chi connectivity index (χ4v) is 5.43. The van der Waals surface area contributed by atoms with Crippen LogP contribution in [-0.2, 0) is 11.2 Å². The minimum absolute atomic E-state index is 0. The highest BCUT2D eigenvalue weighted by atomic mass is 35.5. The van der Waals surface area contributed by atoms with E-state index in [1.165, 1.54) is 50.5 Å². The van der Waals surface area contributed by atoms with Crippen LogP contribution in [0, 0.1) is 11.8 Å². The third-order valence-electron chi connectivity index (χ3n) is 6.64. The highest BCUT2D eigenvalue weighted by Crippen LogP contribution is 2.33. The quantitative estimate of drug-likeness (QED) is 0.806. The van der Waals surface area contributed by atoms with Gasteiger partial charge < -0.3 is 10.6 Å². The number of amides is 1. The Morgan fingerprint density at radius 2 is 1.69 bits per heavy atom. The molecule has 2 bridgehead atoms. The molecule has 1 saturated carbocycles. The van der Waals surface area contributed by atoms with Crippen molar-refractivity contribution >= 4 is 18.3 Å². The van der Waals surface area contributed by atoms with E-state index in [-0.39, 0.29) is 12.4 Å². The fraction of sp³-hybridized carbons (Fsp3) is 0.682. The molecule has 3 aliphatic rings. The number of rotatable bonds is 5. The van der Waals surface area contributed by atoms with Crippen LogP contribution >= 0.6 is 12.4 Å². The van der Waals surface area contributed by atoms with E-state index in [1.807, 2.05) is 0 Å². The van der Waals surface area contributed by atoms with Gasteiger partial charge in [0.25, 0.3) is 0 Å². The Balaban J connectivity index is 0.00000196. The van der Waals surface area contributed by atoms with E-state index in [2.05, 4.69) is 41.0 Å². The average Bonchev–Trinajstić information content (AvgIpc) is 2.96. The fourth-order valence-electron chi connectivity index (χ4n) is 5.43. The minimum atomic E-state index is 0. The highest BCUT2D eigenvalue weighted by Gasteiger charge is 2.35. The molecule has 3 fully saturated rings. The molecule has 4 unspecified atom stereocenters. The number of hydrogen-bond donors (Lipinski definition) is 2. The Morgan fingerprint density at radius 3 is 2.42 bits per heavy atom. The molecule has 2 heterocycles. The lowest BCUT2D eigenvalue weighted by Gasteiger charge is -2.34. The van der Waals surface area contributed by atoms with E-state index in [0.29, 0.717) is 35.9 Å². The number of carbonyl (C=O) groups is 1. The Kier molecular flexibility index (Phi) is 6.99. The van der Waals surface area contributed by atoms with Gasteiger partial charge in [-0.25, -0.2) is 0 Å². The van der Waals surface area contributed by atoms with E-state index in [0.717, 1.165) is 19.3 Å². The lowest BCUT2D eigenvalue weighted by Crippen LogP contribution is -2.45. The Hall–Kier alpha value is -1.06. The second-order valence-corrected chi connectivity index (χ2v) is 8.59. The summed E-state index contributed by atoms with van der Waals surface area (Å²) in [4.78, 5) is 12.7. The summed E-state index contributed by atoms with van der Waals surface area (Å²) in [6.07, 6.45) is 11.8. The van der Waals surface area contributed by atoms with E-state index in [4.69, 9.17) is 0 Å². The second kappa shape index (κ2) is 9.23. The highest BCUT2D eigenvalue weighted by molar-refractivity contribution is 5.85. The van der Waals surface area contributed by atoms with Crippen molar-refractivity contribution in [3.8, 4) is 0 Å². The number of piperidine rings is 1. The zero-order valence-corrected chi connectivity index (χ0v) is 16.5. The van der Waals surface area contributed by atoms with E-state index in [1.54, 1.807) is 0 Å². The van der Waals surface area contributed by atoms with Gasteiger partial charge in [0.1, 0.15) is 0 Å². The Morgan fingerprint density at radius 1 is 1.00 bits per heavy atom. The zero-order chi connectivity index (χ0) is 17.1. The van der Waals surface area contributed by atoms with Gasteiger partial charge in [-0.05, 0) is 62.3 Å². The maximum Gasteiger partial charge on any atom is 0.220 e. The molecule has 1 amide bonds. The zero-order valence-electron chi connectivity index (χ0n) is 15.7. The molecular formula is C22H33ClN2O. The molecule has 4 heteroatoms. The molecule has 3 nitrogen and oxygen atoms in total. The van der Waals surface area contributed by atoms with Gasteiger partial charge >= 0.3 is 0 Å². The van der Waals surface area contributed by atoms with E-state index in [9.17, 15) is 4.79 Å². The van der Waals surface area contributed by atoms with Crippen molar-refractivity contribution < 1.29 is 4.79 Å². The molecule has 4 atom stereocenters. The number of hydrogen-bond acceptors (Lipinski definition) is 2. The molecule has 0 radical (unpaired) electrons. The Labute approximate surface area is 164 Å². The van der Waals surface area contributed by atoms with E-state index >= 15 is 0 Å². The number of halogens is 1. The van der Waals surface area contributed by atoms with Crippen molar-refractivity contribution in [3.63, 3.8) is 0 Å². The van der Waals surface area contributed by atoms with Gasteiger partial charge in [-0.1, -0.05) is 43.2 Å². The molecule has 0 aromatic heterocycles. The third-order valence-corrected chi connectivity index (χ3v) is 6.64. The Bertz CT molecular complexity index is 567. The third kappa shape index (κ3) is 5.01. The maximum absolute atomic E-state index is 12.7. The van der Waals surface area contributed by atoms with Gasteiger partial charge in [-0.3, -0.25) is 4.79 Å². The molecule has 2 saturated heterocycles. The SMILES string of the molecule is Cl.O=C(CC1CC2CCC(C1)N2)NC1CCCCC1Cc1ccccc1. The molecule has 2 N–H and O–H groups in total. The molecule has 4 rings (SSSR count). The summed E-state index contributed by atoms with van der Waals surface area (Å²) in [6, 6.07) is 12.5. The summed E-state index contributed by atoms with van der Waals surface area (Å²) < 4.78 is 0. The molecule has 1 aromatic carbocycles. The first-order chi connectivity index (χ1) is 12.3. The summed E-state index contributed by atoms with van der Waals surface area (Å²) >= 11 is 0. The number of nitrogens with one attached hydrogen (secondary N) is 2. The lowest BCUT2D eigenvalue weighted by atomic mass is 9.80. The van der Waals surface area contributed by atoms with Crippen molar-refractivity contribution in [2.75, 3.05) is 0 Å². The van der Waals surface area contributed by atoms with Crippen molar-refractivity contribution in [1.82, 2.24) is 10.6 Å². The molecule has 1 aromatic rings. The monoisotopic (exact) mass is 376 g/mol. The van der Waals surface area contributed by atoms with Crippen molar-refractivity contribution in [3.05, 3.63) is 35.9 Å². The molecule has 2 aliphatic heterocycles. The molecule has 1 aliphatic carbocycles. The van der Waals surface area contributed by atoms with Gasteiger partial charge in [0.2, 0.25) is 5.91 Å². The molecule has 26 heavy (non-hydrogen) atoms. The van der Waals surface area contributed by atoms with Crippen LogP contribution in [0.5, 0.6) is 0 Å². The van der Waals surface area contributed by atoms with Gasteiger partial charge in [0.05, 0.1) is 0 Å². The normalized spacial score (nSPS) is 33.3. The smallest absolute Gasteiger partial charge is 0.220 e. The van der Waals surface area contributed by atoms with Crippen LogP contribution < -0.4 is 10.6 Å². The standard InChI is InChI=1S/C22H32N2O.ClH/c25-22(15-17-13-19-10-11-20(14-17)23-19)24-21-9-5-4-8-18(21)12-16-6-2-1-3-7-16;/h1-3,6-7,17-21,23H,4-5,8-15H2,(H,24,25);1H. The second-order valence-electron chi connectivity index (χ2n) is 8.59. The van der Waals surface area contributed by atoms with Gasteiger partial charge in [0, 0.05) is 24.5 Å². The first kappa shape index (κ1) is 19.7. The van der Waals surface area contributed by atoms with E-state index < -0.39 is 0 Å². The van der Waals surface area contributed by atoms with Crippen LogP contribution in [0.25, 0.3) is 0 Å². The van der Waals surface area contributed by atoms with Crippen molar-refractivity contribution in [2.45, 2.75) is 82.3 Å². The summed E-state index contributed by atoms with van der Waals surface area (Å²) in [6.45, 7) is 0. The van der Waals surface area contributed by atoms with Gasteiger partial charge in [0.15, 0.2) is 0 Å². The minimum Gasteiger partial charge on any atom is -0.353 e. The predicted octanol–water partition coefficient (Wildman–Crippen LogP) is 4.25. The van der Waals surface area contributed by atoms with Crippen molar-refractivity contribution in [1.29, 1.82) is 0 Å². The molecular weight excluding hydrogens is 344 g/mol. The van der Waals surface area contributed by atoms with Crippen LogP contribution in [0.1, 0.15) is 63.4 Å². The topological polar surface area (TPSA) is 41.1 Å². The van der Waals surface area contributed by atoms with Crippen LogP contribution in [0.2, 0.25) is 0 Å². The summed E-state index contributed by atoms with van der Waals surface area (Å²) in [5, 5.41) is 7.10. The number of benzene rings is 1. The molecule has 144 valence electrons. The van der Waals surface area contributed by atoms with Crippen LogP contribution in [0.15, 0.2) is 30.3 Å². The largest absolute Gasteiger partial charge is 0.353 e. The number of carbonyl (C=O) groups excluding carboxylic acids is 1. The predicted molar refractivity (Wildman–Crippen MR) is 109 cm³/mol. The van der Waals surface area contributed by atoms with Crippen molar-refractivity contribution in [2.24, 2.45) is 11.8 Å². The van der Waals surface area contributed by atoms with Crippen LogP contribution in [0.3, 0.4) is 0 Å². The van der Waals surface area contributed by atoms with Crippen LogP contribution in [-0.4, -0.2) is 24.0 Å². The summed E-state index contributed by atoms with van der Waals surface area (Å²) in [5.41, 5.74) is 1.41. The first-order valence-electron chi connectivity index (χ1n) is 10.4. The van der Waals surface area contributed by atoms with Gasteiger partial charge in [-0.2, -0.15) is 0 Å². The van der Waals surface area contributed by atoms with Gasteiger partial charge in [-0.15, -0.1) is 12.4 Å². The summed E-state index contributed by atoms with van der Waals surface area (Å²) in [5.74, 6) is 1.50. The lowest BCUT2D eigenvalue weighted by molar-refractivity contribution is -0.123. The average molecular weight is 377 g/mol.